The third-order valence-electron chi connectivity index (χ3n) is 1.90. The first kappa shape index (κ1) is 8.04. The van der Waals surface area contributed by atoms with Crippen LogP contribution in [0.25, 0.3) is 11.0 Å². The second kappa shape index (κ2) is 2.73. The number of aromatic amines is 1. The van der Waals surface area contributed by atoms with E-state index < -0.39 is 6.17 Å². The van der Waals surface area contributed by atoms with Gasteiger partial charge in [0, 0.05) is 5.69 Å². The Hall–Kier alpha value is -1.58. The summed E-state index contributed by atoms with van der Waals surface area (Å²) in [5.41, 5.74) is 7.74. The number of hydrogen-bond donors (Lipinski definition) is 2. The minimum absolute atomic E-state index is 0.348. The number of halogens is 1. The molecule has 3 nitrogen and oxygen atoms in total. The summed E-state index contributed by atoms with van der Waals surface area (Å²) in [5.74, 6) is 0.348. The quantitative estimate of drug-likeness (QED) is 0.659. The molecular weight excluding hydrogens is 169 g/mol. The summed E-state index contributed by atoms with van der Waals surface area (Å²) in [7, 11) is 0. The van der Waals surface area contributed by atoms with Gasteiger partial charge < -0.3 is 10.7 Å². The molecule has 0 amide bonds. The molecule has 0 radical (unpaired) electrons. The topological polar surface area (TPSA) is 54.7 Å². The third-order valence-corrected chi connectivity index (χ3v) is 1.90. The summed E-state index contributed by atoms with van der Waals surface area (Å²) in [5, 5.41) is 0. The van der Waals surface area contributed by atoms with Crippen LogP contribution in [0.2, 0.25) is 0 Å². The number of hydrogen-bond acceptors (Lipinski definition) is 2. The van der Waals surface area contributed by atoms with Crippen molar-refractivity contribution >= 4 is 16.7 Å². The van der Waals surface area contributed by atoms with Crippen molar-refractivity contribution in [2.24, 2.45) is 0 Å². The Morgan fingerprint density at radius 3 is 3.00 bits per heavy atom. The van der Waals surface area contributed by atoms with Crippen LogP contribution in [0.15, 0.2) is 18.2 Å². The average Bonchev–Trinajstić information content (AvgIpc) is 2.46. The molecule has 1 atom stereocenters. The van der Waals surface area contributed by atoms with Gasteiger partial charge in [0.15, 0.2) is 6.17 Å². The summed E-state index contributed by atoms with van der Waals surface area (Å²) >= 11 is 0. The van der Waals surface area contributed by atoms with Gasteiger partial charge >= 0.3 is 0 Å². The number of benzene rings is 1. The van der Waals surface area contributed by atoms with Gasteiger partial charge in [0.2, 0.25) is 0 Å². The predicted molar refractivity (Wildman–Crippen MR) is 50.0 cm³/mol. The molecule has 0 aliphatic carbocycles. The highest BCUT2D eigenvalue weighted by atomic mass is 19.1. The van der Waals surface area contributed by atoms with Crippen molar-refractivity contribution < 1.29 is 4.39 Å². The highest BCUT2D eigenvalue weighted by Gasteiger charge is 2.08. The molecule has 1 unspecified atom stereocenters. The van der Waals surface area contributed by atoms with Crippen molar-refractivity contribution in [3.05, 3.63) is 24.0 Å². The smallest absolute Gasteiger partial charge is 0.155 e. The molecule has 2 aromatic rings. The van der Waals surface area contributed by atoms with Crippen LogP contribution in [0.3, 0.4) is 0 Å². The Labute approximate surface area is 74.8 Å². The number of aromatic nitrogens is 2. The first-order valence-corrected chi connectivity index (χ1v) is 4.06. The molecule has 0 saturated heterocycles. The lowest BCUT2D eigenvalue weighted by atomic mass is 10.3. The van der Waals surface area contributed by atoms with Crippen molar-refractivity contribution in [1.82, 2.24) is 9.97 Å². The van der Waals surface area contributed by atoms with Crippen LogP contribution in [0, 0.1) is 0 Å². The van der Waals surface area contributed by atoms with Crippen molar-refractivity contribution in [2.45, 2.75) is 13.1 Å². The van der Waals surface area contributed by atoms with Gasteiger partial charge in [-0.25, -0.2) is 9.37 Å². The van der Waals surface area contributed by atoms with Crippen molar-refractivity contribution in [3.63, 3.8) is 0 Å². The Balaban J connectivity index is 2.62. The molecule has 0 aliphatic rings. The van der Waals surface area contributed by atoms with Gasteiger partial charge in [-0.3, -0.25) is 0 Å². The maximum Gasteiger partial charge on any atom is 0.155 e. The second-order valence-corrected chi connectivity index (χ2v) is 3.01. The van der Waals surface area contributed by atoms with E-state index in [4.69, 9.17) is 5.73 Å². The largest absolute Gasteiger partial charge is 0.399 e. The van der Waals surface area contributed by atoms with Crippen LogP contribution in [-0.2, 0) is 0 Å². The van der Waals surface area contributed by atoms with E-state index in [1.54, 1.807) is 18.2 Å². The minimum atomic E-state index is -1.08. The summed E-state index contributed by atoms with van der Waals surface area (Å²) < 4.78 is 12.8. The van der Waals surface area contributed by atoms with E-state index in [0.29, 0.717) is 11.5 Å². The highest BCUT2D eigenvalue weighted by Crippen LogP contribution is 2.19. The van der Waals surface area contributed by atoms with E-state index in [-0.39, 0.29) is 0 Å². The first-order valence-electron chi connectivity index (χ1n) is 4.06. The summed E-state index contributed by atoms with van der Waals surface area (Å²) in [6.07, 6.45) is -1.08. The van der Waals surface area contributed by atoms with E-state index in [0.717, 1.165) is 11.0 Å². The fourth-order valence-electron chi connectivity index (χ4n) is 1.24. The van der Waals surface area contributed by atoms with Crippen molar-refractivity contribution in [3.8, 4) is 0 Å². The average molecular weight is 179 g/mol. The van der Waals surface area contributed by atoms with Gasteiger partial charge in [-0.1, -0.05) is 0 Å². The van der Waals surface area contributed by atoms with Gasteiger partial charge in [-0.15, -0.1) is 0 Å². The van der Waals surface area contributed by atoms with Gasteiger partial charge in [0.05, 0.1) is 11.0 Å². The van der Waals surface area contributed by atoms with Crippen LogP contribution >= 0.6 is 0 Å². The van der Waals surface area contributed by atoms with E-state index in [1.165, 1.54) is 6.92 Å². The first-order chi connectivity index (χ1) is 6.16. The van der Waals surface area contributed by atoms with Gasteiger partial charge in [0.1, 0.15) is 5.82 Å². The SMILES string of the molecule is CC(F)c1nc2ccc(N)cc2[nH]1. The molecule has 2 rings (SSSR count). The summed E-state index contributed by atoms with van der Waals surface area (Å²) in [6.45, 7) is 1.45. The molecule has 0 fully saturated rings. The number of fused-ring (bicyclic) bond motifs is 1. The molecule has 4 heteroatoms. The minimum Gasteiger partial charge on any atom is -0.399 e. The molecule has 1 heterocycles. The monoisotopic (exact) mass is 179 g/mol. The zero-order valence-electron chi connectivity index (χ0n) is 7.21. The molecule has 0 bridgehead atoms. The molecule has 1 aromatic carbocycles. The molecule has 1 aromatic heterocycles. The van der Waals surface area contributed by atoms with Crippen LogP contribution in [0.1, 0.15) is 18.9 Å². The Morgan fingerprint density at radius 2 is 2.31 bits per heavy atom. The maximum absolute atomic E-state index is 12.8. The normalized spacial score (nSPS) is 13.4. The number of imidazole rings is 1. The molecule has 0 spiro atoms. The Bertz CT molecular complexity index is 433. The zero-order chi connectivity index (χ0) is 9.42. The lowest BCUT2D eigenvalue weighted by Crippen LogP contribution is -1.86. The standard InChI is InChI=1S/C9H10FN3/c1-5(10)9-12-7-3-2-6(11)4-8(7)13-9/h2-5H,11H2,1H3,(H,12,13). The van der Waals surface area contributed by atoms with Crippen LogP contribution < -0.4 is 5.73 Å². The van der Waals surface area contributed by atoms with Crippen molar-refractivity contribution in [1.29, 1.82) is 0 Å². The highest BCUT2D eigenvalue weighted by molar-refractivity contribution is 5.78. The Kier molecular flexibility index (Phi) is 1.69. The zero-order valence-corrected chi connectivity index (χ0v) is 7.21. The van der Waals surface area contributed by atoms with Crippen molar-refractivity contribution in [2.75, 3.05) is 5.73 Å². The summed E-state index contributed by atoms with van der Waals surface area (Å²) in [6, 6.07) is 5.26. The molecule has 0 aliphatic heterocycles. The van der Waals surface area contributed by atoms with E-state index in [1.807, 2.05) is 0 Å². The number of alkyl halides is 1. The number of rotatable bonds is 1. The second-order valence-electron chi connectivity index (χ2n) is 3.01. The van der Waals surface area contributed by atoms with Crippen LogP contribution in [0.5, 0.6) is 0 Å². The van der Waals surface area contributed by atoms with Gasteiger partial charge in [0.25, 0.3) is 0 Å². The number of nitrogens with zero attached hydrogens (tertiary/aromatic N) is 1. The number of H-pyrrole nitrogens is 1. The molecule has 0 saturated carbocycles. The molecule has 13 heavy (non-hydrogen) atoms. The fraction of sp³-hybridized carbons (Fsp3) is 0.222. The van der Waals surface area contributed by atoms with Crippen LogP contribution in [-0.4, -0.2) is 9.97 Å². The molecule has 3 N–H and O–H groups in total. The molecular formula is C9H10FN3. The number of anilines is 1. The lowest BCUT2D eigenvalue weighted by molar-refractivity contribution is 0.359. The van der Waals surface area contributed by atoms with Crippen LogP contribution in [0.4, 0.5) is 10.1 Å². The van der Waals surface area contributed by atoms with Gasteiger partial charge in [-0.05, 0) is 25.1 Å². The number of nitrogens with two attached hydrogens (primary N) is 1. The maximum atomic E-state index is 12.8. The van der Waals surface area contributed by atoms with E-state index >= 15 is 0 Å². The van der Waals surface area contributed by atoms with Gasteiger partial charge in [-0.2, -0.15) is 0 Å². The third kappa shape index (κ3) is 1.35. The fourth-order valence-corrected chi connectivity index (χ4v) is 1.24. The number of nitrogen functional groups attached to an aromatic ring is 1. The lowest BCUT2D eigenvalue weighted by Gasteiger charge is -1.92. The molecule has 68 valence electrons. The van der Waals surface area contributed by atoms with E-state index in [9.17, 15) is 4.39 Å². The number of nitrogens with one attached hydrogen (secondary N) is 1. The Morgan fingerprint density at radius 1 is 1.54 bits per heavy atom. The predicted octanol–water partition coefficient (Wildman–Crippen LogP) is 2.18. The van der Waals surface area contributed by atoms with E-state index in [2.05, 4.69) is 9.97 Å². The summed E-state index contributed by atoms with van der Waals surface area (Å²) in [4.78, 5) is 6.94.